The zero-order chi connectivity index (χ0) is 19.6. The molecule has 0 spiro atoms. The molecule has 0 saturated carbocycles. The highest BCUT2D eigenvalue weighted by Crippen LogP contribution is 2.49. The average Bonchev–Trinajstić information content (AvgIpc) is 3.00. The Morgan fingerprint density at radius 2 is 1.38 bits per heavy atom. The predicted octanol–water partition coefficient (Wildman–Crippen LogP) is 6.78. The third-order valence-electron chi connectivity index (χ3n) is 6.57. The molecule has 0 fully saturated rings. The van der Waals surface area contributed by atoms with Gasteiger partial charge in [-0.25, -0.2) is 4.98 Å². The maximum absolute atomic E-state index is 3.56. The van der Waals surface area contributed by atoms with Crippen LogP contribution in [-0.4, -0.2) is 0 Å². The minimum absolute atomic E-state index is 0.0228. The van der Waals surface area contributed by atoms with Gasteiger partial charge in [-0.3, -0.25) is 0 Å². The molecule has 6 rings (SSSR count). The van der Waals surface area contributed by atoms with Gasteiger partial charge in [-0.15, -0.1) is 0 Å². The van der Waals surface area contributed by atoms with Crippen LogP contribution in [0.1, 0.15) is 25.0 Å². The fourth-order valence-electron chi connectivity index (χ4n) is 4.98. The van der Waals surface area contributed by atoms with E-state index >= 15 is 0 Å². The van der Waals surface area contributed by atoms with Crippen LogP contribution in [0.5, 0.6) is 0 Å². The predicted molar refractivity (Wildman–Crippen MR) is 121 cm³/mol. The number of fused-ring (bicyclic) bond motifs is 6. The molecule has 0 saturated heterocycles. The van der Waals surface area contributed by atoms with E-state index in [0.29, 0.717) is 0 Å². The molecule has 1 N–H and O–H groups in total. The zero-order valence-electron chi connectivity index (χ0n) is 16.7. The van der Waals surface area contributed by atoms with Crippen molar-refractivity contribution in [3.05, 3.63) is 102 Å². The van der Waals surface area contributed by atoms with E-state index in [0.717, 1.165) is 5.69 Å². The summed E-state index contributed by atoms with van der Waals surface area (Å²) in [5, 5.41) is 5.10. The highest BCUT2D eigenvalue weighted by molar-refractivity contribution is 6.07. The first-order valence-electron chi connectivity index (χ1n) is 10.2. The van der Waals surface area contributed by atoms with Gasteiger partial charge in [0, 0.05) is 17.0 Å². The molecule has 1 aliphatic carbocycles. The van der Waals surface area contributed by atoms with Crippen LogP contribution in [0.4, 0.5) is 0 Å². The molecular weight excluding hydrogens is 350 g/mol. The Hall–Kier alpha value is -3.45. The van der Waals surface area contributed by atoms with E-state index in [4.69, 9.17) is 0 Å². The van der Waals surface area contributed by atoms with Crippen LogP contribution in [0.15, 0.2) is 91.1 Å². The Bertz CT molecular complexity index is 1430. The minimum atomic E-state index is 0.0228. The largest absolute Gasteiger partial charge is 0.211 e. The first-order chi connectivity index (χ1) is 14.1. The molecule has 0 aliphatic heterocycles. The number of pyridine rings is 1. The lowest BCUT2D eigenvalue weighted by Crippen LogP contribution is -2.15. The van der Waals surface area contributed by atoms with Gasteiger partial charge >= 0.3 is 0 Å². The quantitative estimate of drug-likeness (QED) is 0.288. The van der Waals surface area contributed by atoms with E-state index < -0.39 is 0 Å². The van der Waals surface area contributed by atoms with Crippen molar-refractivity contribution >= 4 is 21.5 Å². The van der Waals surface area contributed by atoms with Crippen molar-refractivity contribution in [2.75, 3.05) is 0 Å². The highest BCUT2D eigenvalue weighted by Gasteiger charge is 2.35. The molecule has 0 unspecified atom stereocenters. The van der Waals surface area contributed by atoms with E-state index in [1.807, 2.05) is 0 Å². The average molecular weight is 372 g/mol. The van der Waals surface area contributed by atoms with Crippen molar-refractivity contribution in [2.45, 2.75) is 19.3 Å². The Balaban J connectivity index is 1.52. The molecule has 0 amide bonds. The van der Waals surface area contributed by atoms with Crippen LogP contribution in [-0.2, 0) is 5.41 Å². The number of nitrogens with one attached hydrogen (secondary N) is 1. The van der Waals surface area contributed by atoms with E-state index in [9.17, 15) is 0 Å². The summed E-state index contributed by atoms with van der Waals surface area (Å²) in [7, 11) is 0. The topological polar surface area (TPSA) is 14.1 Å². The molecule has 1 heteroatoms. The second-order valence-corrected chi connectivity index (χ2v) is 8.57. The maximum atomic E-state index is 3.56. The SMILES string of the molecule is CC1(C)c2ccccc2-c2ccc(-c3cc4ccc5ccccc5c4c[nH+]3)cc21. The minimum Gasteiger partial charge on any atom is -0.210 e. The fraction of sp³-hybridized carbons (Fsp3) is 0.107. The van der Waals surface area contributed by atoms with Crippen molar-refractivity contribution in [3.8, 4) is 22.4 Å². The molecule has 0 atom stereocenters. The van der Waals surface area contributed by atoms with Crippen LogP contribution in [0.25, 0.3) is 43.9 Å². The third-order valence-corrected chi connectivity index (χ3v) is 6.57. The molecule has 1 heterocycles. The number of aromatic amines is 1. The van der Waals surface area contributed by atoms with E-state index in [-0.39, 0.29) is 5.41 Å². The van der Waals surface area contributed by atoms with Gasteiger partial charge in [0.05, 0.1) is 5.39 Å². The normalized spacial score (nSPS) is 14.1. The summed E-state index contributed by atoms with van der Waals surface area (Å²) in [6, 6.07) is 31.0. The smallest absolute Gasteiger partial charge is 0.210 e. The third kappa shape index (κ3) is 2.31. The van der Waals surface area contributed by atoms with Gasteiger partial charge in [-0.1, -0.05) is 80.6 Å². The number of aromatic nitrogens is 1. The molecule has 1 aromatic heterocycles. The lowest BCUT2D eigenvalue weighted by atomic mass is 9.82. The summed E-state index contributed by atoms with van der Waals surface area (Å²) >= 11 is 0. The van der Waals surface area contributed by atoms with E-state index in [1.54, 1.807) is 0 Å². The Morgan fingerprint density at radius 1 is 0.621 bits per heavy atom. The number of hydrogen-bond acceptors (Lipinski definition) is 0. The highest BCUT2D eigenvalue weighted by atomic mass is 14.7. The summed E-state index contributed by atoms with van der Waals surface area (Å²) in [5.74, 6) is 0. The second-order valence-electron chi connectivity index (χ2n) is 8.57. The van der Waals surface area contributed by atoms with E-state index in [1.165, 1.54) is 49.4 Å². The summed E-state index contributed by atoms with van der Waals surface area (Å²) in [4.78, 5) is 3.56. The summed E-state index contributed by atoms with van der Waals surface area (Å²) in [6.45, 7) is 4.66. The zero-order valence-corrected chi connectivity index (χ0v) is 16.7. The molecule has 29 heavy (non-hydrogen) atoms. The number of H-pyrrole nitrogens is 1. The molecule has 0 radical (unpaired) electrons. The monoisotopic (exact) mass is 372 g/mol. The van der Waals surface area contributed by atoms with Gasteiger partial charge in [-0.2, -0.15) is 0 Å². The fourth-order valence-corrected chi connectivity index (χ4v) is 4.98. The first kappa shape index (κ1) is 16.5. The van der Waals surface area contributed by atoms with Crippen molar-refractivity contribution < 1.29 is 4.98 Å². The van der Waals surface area contributed by atoms with Gasteiger partial charge in [0.2, 0.25) is 5.69 Å². The molecular formula is C28H22N+. The van der Waals surface area contributed by atoms with Gasteiger partial charge in [0.25, 0.3) is 0 Å². The summed E-state index contributed by atoms with van der Waals surface area (Å²) in [5.41, 5.74) is 7.97. The molecule has 0 bridgehead atoms. The number of benzene rings is 4. The van der Waals surface area contributed by atoms with Crippen molar-refractivity contribution in [2.24, 2.45) is 0 Å². The van der Waals surface area contributed by atoms with Crippen molar-refractivity contribution in [1.82, 2.24) is 0 Å². The molecule has 1 nitrogen and oxygen atoms in total. The van der Waals surface area contributed by atoms with Crippen molar-refractivity contribution in [3.63, 3.8) is 0 Å². The molecule has 5 aromatic rings. The van der Waals surface area contributed by atoms with Crippen LogP contribution in [0.3, 0.4) is 0 Å². The Labute approximate surface area is 170 Å². The summed E-state index contributed by atoms with van der Waals surface area (Å²) in [6.07, 6.45) is 2.15. The van der Waals surface area contributed by atoms with Crippen LogP contribution in [0.2, 0.25) is 0 Å². The molecule has 138 valence electrons. The van der Waals surface area contributed by atoms with Gasteiger partial charge < -0.3 is 0 Å². The van der Waals surface area contributed by atoms with Crippen molar-refractivity contribution in [1.29, 1.82) is 0 Å². The lowest BCUT2D eigenvalue weighted by Gasteiger charge is -2.21. The maximum Gasteiger partial charge on any atom is 0.211 e. The Kier molecular flexibility index (Phi) is 3.29. The standard InChI is InChI=1S/C28H21N/c1-28(2)25-10-6-5-9-22(25)23-14-13-20(15-26(23)28)27-16-19-12-11-18-7-3-4-8-21(18)24(19)17-29-27/h3-17H,1-2H3/p+1. The van der Waals surface area contributed by atoms with Gasteiger partial charge in [0.1, 0.15) is 0 Å². The molecule has 4 aromatic carbocycles. The van der Waals surface area contributed by atoms with E-state index in [2.05, 4.69) is 110 Å². The van der Waals surface area contributed by atoms with Crippen LogP contribution < -0.4 is 4.98 Å². The number of hydrogen-bond donors (Lipinski definition) is 0. The number of rotatable bonds is 1. The van der Waals surface area contributed by atoms with Gasteiger partial charge in [0.15, 0.2) is 6.20 Å². The molecule has 1 aliphatic rings. The summed E-state index contributed by atoms with van der Waals surface area (Å²) < 4.78 is 0. The van der Waals surface area contributed by atoms with Crippen LogP contribution >= 0.6 is 0 Å². The Morgan fingerprint density at radius 3 is 2.31 bits per heavy atom. The lowest BCUT2D eigenvalue weighted by molar-refractivity contribution is -0.362. The van der Waals surface area contributed by atoms with Crippen LogP contribution in [0, 0.1) is 0 Å². The second kappa shape index (κ2) is 5.78. The van der Waals surface area contributed by atoms with Gasteiger partial charge in [-0.05, 0) is 50.5 Å². The first-order valence-corrected chi connectivity index (χ1v) is 10.2.